The second-order valence-corrected chi connectivity index (χ2v) is 13.2. The third-order valence-corrected chi connectivity index (χ3v) is 10.6. The van der Waals surface area contributed by atoms with Gasteiger partial charge < -0.3 is 0 Å². The SMILES string of the molecule is c1ccc(-c2cccc3c(-c4cc(-c5nc6cc7c(cc6c6ccccc56)sc5ccccc57)nc5ccccc45)cccc23)cc1. The van der Waals surface area contributed by atoms with Gasteiger partial charge in [0.05, 0.1) is 22.4 Å². The van der Waals surface area contributed by atoms with Crippen molar-refractivity contribution in [3.63, 3.8) is 0 Å². The van der Waals surface area contributed by atoms with Crippen molar-refractivity contribution in [2.45, 2.75) is 0 Å². The van der Waals surface area contributed by atoms with Crippen molar-refractivity contribution in [2.24, 2.45) is 0 Å². The summed E-state index contributed by atoms with van der Waals surface area (Å²) in [5.41, 5.74) is 8.54. The fraction of sp³-hybridized carbons (Fsp3) is 0. The van der Waals surface area contributed by atoms with Crippen LogP contribution in [0.3, 0.4) is 0 Å². The summed E-state index contributed by atoms with van der Waals surface area (Å²) < 4.78 is 2.59. The predicted octanol–water partition coefficient (Wildman–Crippen LogP) is 12.5. The van der Waals surface area contributed by atoms with Crippen LogP contribution in [0.15, 0.2) is 158 Å². The maximum atomic E-state index is 5.41. The molecule has 0 aliphatic rings. The Morgan fingerprint density at radius 2 is 1.00 bits per heavy atom. The average Bonchev–Trinajstić information content (AvgIpc) is 3.50. The van der Waals surface area contributed by atoms with E-state index in [4.69, 9.17) is 9.97 Å². The number of hydrogen-bond acceptors (Lipinski definition) is 3. The van der Waals surface area contributed by atoms with E-state index in [-0.39, 0.29) is 0 Å². The zero-order chi connectivity index (χ0) is 30.9. The summed E-state index contributed by atoms with van der Waals surface area (Å²) in [6, 6.07) is 56.6. The van der Waals surface area contributed by atoms with Crippen molar-refractivity contribution in [3.05, 3.63) is 158 Å². The Kier molecular flexibility index (Phi) is 5.78. The molecule has 0 aliphatic heterocycles. The average molecular weight is 615 g/mol. The molecule has 0 saturated carbocycles. The molecule has 10 rings (SSSR count). The van der Waals surface area contributed by atoms with Crippen molar-refractivity contribution in [3.8, 4) is 33.6 Å². The standard InChI is InChI=1S/C44H26N2S/c1-2-12-27(13-3-1)28-18-10-20-30-29(28)19-11-21-31(30)36-24-41(45-39-22-8-6-15-33(36)39)44-35-17-5-4-14-32(35)37-26-43-38(25-40(37)46-44)34-16-7-9-23-42(34)47-43/h1-26H. The van der Waals surface area contributed by atoms with E-state index in [1.54, 1.807) is 0 Å². The number of aromatic nitrogens is 2. The van der Waals surface area contributed by atoms with Gasteiger partial charge in [-0.15, -0.1) is 11.3 Å². The minimum Gasteiger partial charge on any atom is -0.246 e. The van der Waals surface area contributed by atoms with E-state index in [0.29, 0.717) is 0 Å². The largest absolute Gasteiger partial charge is 0.246 e. The topological polar surface area (TPSA) is 25.8 Å². The quantitative estimate of drug-likeness (QED) is 0.185. The molecular weight excluding hydrogens is 589 g/mol. The van der Waals surface area contributed by atoms with Crippen molar-refractivity contribution in [1.29, 1.82) is 0 Å². The fourth-order valence-corrected chi connectivity index (χ4v) is 8.43. The number of pyridine rings is 2. The molecule has 0 spiro atoms. The molecule has 10 aromatic rings. The molecule has 47 heavy (non-hydrogen) atoms. The molecule has 3 heteroatoms. The zero-order valence-electron chi connectivity index (χ0n) is 25.3. The van der Waals surface area contributed by atoms with Crippen LogP contribution in [0.5, 0.6) is 0 Å². The van der Waals surface area contributed by atoms with Crippen LogP contribution in [0.1, 0.15) is 0 Å². The third-order valence-electron chi connectivity index (χ3n) is 9.46. The Hall–Kier alpha value is -5.90. The highest BCUT2D eigenvalue weighted by molar-refractivity contribution is 7.25. The van der Waals surface area contributed by atoms with Gasteiger partial charge in [0, 0.05) is 36.3 Å². The monoisotopic (exact) mass is 614 g/mol. The van der Waals surface area contributed by atoms with Crippen molar-refractivity contribution in [1.82, 2.24) is 9.97 Å². The van der Waals surface area contributed by atoms with Gasteiger partial charge in [-0.2, -0.15) is 0 Å². The Bertz CT molecular complexity index is 2850. The number of benzene rings is 7. The first-order valence-corrected chi connectivity index (χ1v) is 16.7. The summed E-state index contributed by atoms with van der Waals surface area (Å²) in [6.45, 7) is 0. The van der Waals surface area contributed by atoms with E-state index in [0.717, 1.165) is 38.8 Å². The molecule has 0 amide bonds. The summed E-state index contributed by atoms with van der Waals surface area (Å²) in [5, 5.41) is 9.60. The molecule has 0 fully saturated rings. The molecule has 0 atom stereocenters. The van der Waals surface area contributed by atoms with E-state index >= 15 is 0 Å². The highest BCUT2D eigenvalue weighted by atomic mass is 32.1. The van der Waals surface area contributed by atoms with Crippen molar-refractivity contribution in [2.75, 3.05) is 0 Å². The summed E-state index contributed by atoms with van der Waals surface area (Å²) in [6.07, 6.45) is 0. The minimum absolute atomic E-state index is 0.878. The van der Waals surface area contributed by atoms with Crippen LogP contribution in [0.4, 0.5) is 0 Å². The molecular formula is C44H26N2S. The van der Waals surface area contributed by atoms with Gasteiger partial charge in [0.2, 0.25) is 0 Å². The van der Waals surface area contributed by atoms with Crippen LogP contribution in [0.2, 0.25) is 0 Å². The van der Waals surface area contributed by atoms with Gasteiger partial charge >= 0.3 is 0 Å². The molecule has 2 nitrogen and oxygen atoms in total. The van der Waals surface area contributed by atoms with E-state index in [1.807, 2.05) is 11.3 Å². The summed E-state index contributed by atoms with van der Waals surface area (Å²) in [7, 11) is 0. The molecule has 3 aromatic heterocycles. The van der Waals surface area contributed by atoms with Crippen molar-refractivity contribution < 1.29 is 0 Å². The number of thiophene rings is 1. The maximum Gasteiger partial charge on any atom is 0.0972 e. The highest BCUT2D eigenvalue weighted by Gasteiger charge is 2.18. The molecule has 3 heterocycles. The van der Waals surface area contributed by atoms with E-state index in [1.165, 1.54) is 58.4 Å². The molecule has 0 saturated heterocycles. The Morgan fingerprint density at radius 3 is 1.85 bits per heavy atom. The number of fused-ring (bicyclic) bond motifs is 8. The molecule has 0 unspecified atom stereocenters. The lowest BCUT2D eigenvalue weighted by Gasteiger charge is -2.15. The lowest BCUT2D eigenvalue weighted by Crippen LogP contribution is -1.95. The van der Waals surface area contributed by atoms with E-state index in [9.17, 15) is 0 Å². The van der Waals surface area contributed by atoms with Crippen LogP contribution in [0.25, 0.3) is 97.2 Å². The van der Waals surface area contributed by atoms with Crippen LogP contribution in [-0.4, -0.2) is 9.97 Å². The summed E-state index contributed by atoms with van der Waals surface area (Å²) in [4.78, 5) is 10.7. The van der Waals surface area contributed by atoms with Crippen LogP contribution in [0, 0.1) is 0 Å². The second kappa shape index (κ2) is 10.3. The molecule has 218 valence electrons. The highest BCUT2D eigenvalue weighted by Crippen LogP contribution is 2.42. The first-order chi connectivity index (χ1) is 23.3. The normalized spacial score (nSPS) is 11.8. The number of rotatable bonds is 3. The van der Waals surface area contributed by atoms with Gasteiger partial charge in [-0.3, -0.25) is 0 Å². The molecule has 0 aliphatic carbocycles. The van der Waals surface area contributed by atoms with Crippen LogP contribution in [-0.2, 0) is 0 Å². The summed E-state index contributed by atoms with van der Waals surface area (Å²) in [5.74, 6) is 0. The van der Waals surface area contributed by atoms with Gasteiger partial charge in [0.15, 0.2) is 0 Å². The maximum absolute atomic E-state index is 5.41. The van der Waals surface area contributed by atoms with E-state index < -0.39 is 0 Å². The summed E-state index contributed by atoms with van der Waals surface area (Å²) >= 11 is 1.85. The van der Waals surface area contributed by atoms with Crippen LogP contribution >= 0.6 is 11.3 Å². The Balaban J connectivity index is 1.26. The van der Waals surface area contributed by atoms with Gasteiger partial charge in [0.1, 0.15) is 0 Å². The molecule has 0 N–H and O–H groups in total. The van der Waals surface area contributed by atoms with Crippen molar-refractivity contribution >= 4 is 74.9 Å². The second-order valence-electron chi connectivity index (χ2n) is 12.1. The fourth-order valence-electron chi connectivity index (χ4n) is 7.30. The zero-order valence-corrected chi connectivity index (χ0v) is 26.1. The molecule has 7 aromatic carbocycles. The Labute approximate surface area is 275 Å². The van der Waals surface area contributed by atoms with Crippen LogP contribution < -0.4 is 0 Å². The number of para-hydroxylation sites is 1. The number of hydrogen-bond donors (Lipinski definition) is 0. The first-order valence-electron chi connectivity index (χ1n) is 15.9. The third kappa shape index (κ3) is 4.10. The first kappa shape index (κ1) is 26.3. The Morgan fingerprint density at radius 1 is 0.340 bits per heavy atom. The molecule has 0 bridgehead atoms. The van der Waals surface area contributed by atoms with Gasteiger partial charge in [-0.25, -0.2) is 9.97 Å². The van der Waals surface area contributed by atoms with Gasteiger partial charge in [-0.1, -0.05) is 127 Å². The predicted molar refractivity (Wildman–Crippen MR) is 201 cm³/mol. The van der Waals surface area contributed by atoms with E-state index in [2.05, 4.69) is 158 Å². The minimum atomic E-state index is 0.878. The smallest absolute Gasteiger partial charge is 0.0972 e. The number of nitrogens with zero attached hydrogens (tertiary/aromatic N) is 2. The van der Waals surface area contributed by atoms with Gasteiger partial charge in [-0.05, 0) is 68.7 Å². The molecule has 0 radical (unpaired) electrons. The van der Waals surface area contributed by atoms with Gasteiger partial charge in [0.25, 0.3) is 0 Å². The lowest BCUT2D eigenvalue weighted by molar-refractivity contribution is 1.34. The lowest BCUT2D eigenvalue weighted by atomic mass is 9.91.